The molecule has 4 heteroatoms. The van der Waals surface area contributed by atoms with Crippen LogP contribution < -0.4 is 5.32 Å². The van der Waals surface area contributed by atoms with Crippen LogP contribution in [0.3, 0.4) is 0 Å². The zero-order valence-corrected chi connectivity index (χ0v) is 9.75. The van der Waals surface area contributed by atoms with Crippen LogP contribution in [-0.2, 0) is 4.74 Å². The van der Waals surface area contributed by atoms with E-state index in [1.807, 2.05) is 25.7 Å². The lowest BCUT2D eigenvalue weighted by Gasteiger charge is -2.46. The van der Waals surface area contributed by atoms with Crippen molar-refractivity contribution in [2.45, 2.75) is 38.8 Å². The van der Waals surface area contributed by atoms with Crippen molar-refractivity contribution in [1.29, 1.82) is 0 Å². The topological polar surface area (TPSA) is 41.6 Å². The van der Waals surface area contributed by atoms with Crippen LogP contribution in [0.1, 0.15) is 27.2 Å². The normalized spacial score (nSPS) is 30.5. The van der Waals surface area contributed by atoms with Crippen LogP contribution in [0.15, 0.2) is 0 Å². The summed E-state index contributed by atoms with van der Waals surface area (Å²) in [6.07, 6.45) is 0.900. The fraction of sp³-hybridized carbons (Fsp3) is 0.909. The van der Waals surface area contributed by atoms with Crippen LogP contribution >= 0.6 is 0 Å². The van der Waals surface area contributed by atoms with Crippen LogP contribution in [0, 0.1) is 5.92 Å². The lowest BCUT2D eigenvalue weighted by atomic mass is 9.85. The van der Waals surface area contributed by atoms with Crippen molar-refractivity contribution in [3.8, 4) is 0 Å². The van der Waals surface area contributed by atoms with Crippen molar-refractivity contribution in [3.05, 3.63) is 0 Å². The van der Waals surface area contributed by atoms with Gasteiger partial charge in [0.1, 0.15) is 5.60 Å². The number of carbonyl (C=O) groups excluding carboxylic acids is 1. The highest BCUT2D eigenvalue weighted by molar-refractivity contribution is 5.68. The smallest absolute Gasteiger partial charge is 0.410 e. The lowest BCUT2D eigenvalue weighted by molar-refractivity contribution is 0.00493. The zero-order valence-electron chi connectivity index (χ0n) is 9.75. The number of nitrogens with one attached hydrogen (secondary N) is 1. The van der Waals surface area contributed by atoms with E-state index in [2.05, 4.69) is 5.32 Å². The zero-order chi connectivity index (χ0) is 11.1. The fourth-order valence-electron chi connectivity index (χ4n) is 2.14. The molecule has 0 radical (unpaired) electrons. The monoisotopic (exact) mass is 212 g/mol. The van der Waals surface area contributed by atoms with Crippen molar-refractivity contribution >= 4 is 6.09 Å². The average molecular weight is 212 g/mol. The number of carbonyl (C=O) groups is 1. The third-order valence-corrected chi connectivity index (χ3v) is 3.03. The number of rotatable bonds is 0. The first-order valence-electron chi connectivity index (χ1n) is 5.67. The maximum atomic E-state index is 11.8. The van der Waals surface area contributed by atoms with Gasteiger partial charge in [-0.1, -0.05) is 0 Å². The molecule has 0 aliphatic carbocycles. The molecule has 0 aromatic carbocycles. The molecule has 0 saturated carbocycles. The highest BCUT2D eigenvalue weighted by atomic mass is 16.6. The van der Waals surface area contributed by atoms with Crippen LogP contribution in [0.4, 0.5) is 4.79 Å². The minimum absolute atomic E-state index is 0.159. The Morgan fingerprint density at radius 2 is 2.20 bits per heavy atom. The standard InChI is InChI=1S/C11H20N2O2/c1-11(2,3)15-10(14)13-5-4-9-8(7-13)6-12-9/h8-9,12H,4-7H2,1-3H3/t8-,9-/m0/s1. The van der Waals surface area contributed by atoms with E-state index in [-0.39, 0.29) is 11.7 Å². The first-order valence-corrected chi connectivity index (χ1v) is 5.67. The van der Waals surface area contributed by atoms with Gasteiger partial charge < -0.3 is 15.0 Å². The Morgan fingerprint density at radius 3 is 2.67 bits per heavy atom. The Hall–Kier alpha value is -0.770. The first-order chi connectivity index (χ1) is 6.96. The molecule has 0 bridgehead atoms. The van der Waals surface area contributed by atoms with E-state index in [9.17, 15) is 4.79 Å². The summed E-state index contributed by atoms with van der Waals surface area (Å²) in [6, 6.07) is 0.642. The summed E-state index contributed by atoms with van der Waals surface area (Å²) in [5, 5.41) is 3.38. The largest absolute Gasteiger partial charge is 0.444 e. The summed E-state index contributed by atoms with van der Waals surface area (Å²) in [7, 11) is 0. The summed E-state index contributed by atoms with van der Waals surface area (Å²) in [5.74, 6) is 0.645. The number of likely N-dealkylation sites (tertiary alicyclic amines) is 1. The highest BCUT2D eigenvalue weighted by Gasteiger charge is 2.38. The molecule has 2 fully saturated rings. The molecule has 1 amide bonds. The Bertz CT molecular complexity index is 260. The lowest BCUT2D eigenvalue weighted by Crippen LogP contribution is -2.62. The summed E-state index contributed by atoms with van der Waals surface area (Å²) in [5.41, 5.74) is -0.383. The number of fused-ring (bicyclic) bond motifs is 1. The van der Waals surface area contributed by atoms with Gasteiger partial charge in [0.15, 0.2) is 0 Å². The molecule has 2 rings (SSSR count). The van der Waals surface area contributed by atoms with Gasteiger partial charge in [-0.05, 0) is 27.2 Å². The van der Waals surface area contributed by atoms with Gasteiger partial charge in [-0.2, -0.15) is 0 Å². The van der Waals surface area contributed by atoms with Gasteiger partial charge in [0.25, 0.3) is 0 Å². The van der Waals surface area contributed by atoms with Gasteiger partial charge in [-0.25, -0.2) is 4.79 Å². The Labute approximate surface area is 91.0 Å². The van der Waals surface area contributed by atoms with Crippen molar-refractivity contribution in [2.24, 2.45) is 5.92 Å². The van der Waals surface area contributed by atoms with Crippen LogP contribution in [-0.4, -0.2) is 42.3 Å². The first kappa shape index (κ1) is 10.7. The minimum Gasteiger partial charge on any atom is -0.444 e. The average Bonchev–Trinajstić information content (AvgIpc) is 2.04. The molecule has 0 spiro atoms. The highest BCUT2D eigenvalue weighted by Crippen LogP contribution is 2.24. The number of hydrogen-bond donors (Lipinski definition) is 1. The van der Waals surface area contributed by atoms with Gasteiger partial charge in [-0.3, -0.25) is 0 Å². The summed E-state index contributed by atoms with van der Waals surface area (Å²) < 4.78 is 5.35. The van der Waals surface area contributed by atoms with E-state index in [1.165, 1.54) is 0 Å². The fourth-order valence-corrected chi connectivity index (χ4v) is 2.14. The molecule has 0 aromatic rings. The molecule has 2 saturated heterocycles. The number of amides is 1. The molecule has 86 valence electrons. The molecule has 0 unspecified atom stereocenters. The van der Waals surface area contributed by atoms with Crippen LogP contribution in [0.5, 0.6) is 0 Å². The molecule has 4 nitrogen and oxygen atoms in total. The molecular weight excluding hydrogens is 192 g/mol. The van der Waals surface area contributed by atoms with Crippen molar-refractivity contribution in [3.63, 3.8) is 0 Å². The molecule has 2 aliphatic rings. The third kappa shape index (κ3) is 2.43. The van der Waals surface area contributed by atoms with Crippen LogP contribution in [0.2, 0.25) is 0 Å². The number of piperidine rings is 1. The summed E-state index contributed by atoms with van der Waals surface area (Å²) >= 11 is 0. The molecule has 2 atom stereocenters. The summed E-state index contributed by atoms with van der Waals surface area (Å²) in [6.45, 7) is 8.44. The van der Waals surface area contributed by atoms with Crippen molar-refractivity contribution in [1.82, 2.24) is 10.2 Å². The number of nitrogens with zero attached hydrogens (tertiary/aromatic N) is 1. The van der Waals surface area contributed by atoms with Crippen molar-refractivity contribution in [2.75, 3.05) is 19.6 Å². The van der Waals surface area contributed by atoms with Gasteiger partial charge in [0, 0.05) is 31.6 Å². The van der Waals surface area contributed by atoms with E-state index in [0.29, 0.717) is 12.0 Å². The minimum atomic E-state index is -0.383. The molecule has 0 aromatic heterocycles. The Balaban J connectivity index is 1.86. The Kier molecular flexibility index (Phi) is 2.63. The third-order valence-electron chi connectivity index (χ3n) is 3.03. The number of ether oxygens (including phenoxy) is 1. The quantitative estimate of drug-likeness (QED) is 0.656. The molecule has 15 heavy (non-hydrogen) atoms. The maximum Gasteiger partial charge on any atom is 0.410 e. The van der Waals surface area contributed by atoms with E-state index >= 15 is 0 Å². The SMILES string of the molecule is CC(C)(C)OC(=O)N1CC[C@@H]2NC[C@H]2C1. The molecule has 1 N–H and O–H groups in total. The van der Waals surface area contributed by atoms with Gasteiger partial charge in [0.2, 0.25) is 0 Å². The second-order valence-corrected chi connectivity index (χ2v) is 5.49. The van der Waals surface area contributed by atoms with E-state index < -0.39 is 0 Å². The van der Waals surface area contributed by atoms with Gasteiger partial charge >= 0.3 is 6.09 Å². The molecule has 2 heterocycles. The predicted molar refractivity (Wildman–Crippen MR) is 57.7 cm³/mol. The van der Waals surface area contributed by atoms with Gasteiger partial charge in [0.05, 0.1) is 0 Å². The summed E-state index contributed by atoms with van der Waals surface area (Å²) in [4.78, 5) is 13.6. The Morgan fingerprint density at radius 1 is 1.47 bits per heavy atom. The predicted octanol–water partition coefficient (Wildman–Crippen LogP) is 1.22. The molecular formula is C11H20N2O2. The van der Waals surface area contributed by atoms with Crippen LogP contribution in [0.25, 0.3) is 0 Å². The van der Waals surface area contributed by atoms with E-state index in [0.717, 1.165) is 26.1 Å². The van der Waals surface area contributed by atoms with E-state index in [4.69, 9.17) is 4.74 Å². The van der Waals surface area contributed by atoms with Gasteiger partial charge in [-0.15, -0.1) is 0 Å². The second-order valence-electron chi connectivity index (χ2n) is 5.49. The molecule has 2 aliphatic heterocycles. The second kappa shape index (κ2) is 3.67. The number of hydrogen-bond acceptors (Lipinski definition) is 3. The maximum absolute atomic E-state index is 11.8. The van der Waals surface area contributed by atoms with Crippen molar-refractivity contribution < 1.29 is 9.53 Å². The van der Waals surface area contributed by atoms with E-state index in [1.54, 1.807) is 0 Å².